The van der Waals surface area contributed by atoms with Crippen LogP contribution in [0.4, 0.5) is 4.39 Å². The van der Waals surface area contributed by atoms with E-state index >= 15 is 0 Å². The van der Waals surface area contributed by atoms with E-state index in [-0.39, 0.29) is 34.6 Å². The molecule has 2 bridgehead atoms. The van der Waals surface area contributed by atoms with Gasteiger partial charge in [-0.15, -0.1) is 0 Å². The van der Waals surface area contributed by atoms with Gasteiger partial charge in [0, 0.05) is 31.9 Å². The summed E-state index contributed by atoms with van der Waals surface area (Å²) in [5, 5.41) is 15.0. The molecule has 168 valence electrons. The van der Waals surface area contributed by atoms with Crippen LogP contribution in [-0.4, -0.2) is 46.3 Å². The van der Waals surface area contributed by atoms with Gasteiger partial charge in [-0.3, -0.25) is 24.1 Å². The zero-order valence-corrected chi connectivity index (χ0v) is 18.1. The summed E-state index contributed by atoms with van der Waals surface area (Å²) in [4.78, 5) is 40.2. The van der Waals surface area contributed by atoms with Crippen molar-refractivity contribution in [3.63, 3.8) is 0 Å². The van der Waals surface area contributed by atoms with E-state index in [0.29, 0.717) is 18.4 Å². The minimum Gasteiger partial charge on any atom is -0.502 e. The van der Waals surface area contributed by atoms with Crippen LogP contribution in [0.5, 0.6) is 5.75 Å². The van der Waals surface area contributed by atoms with Crippen LogP contribution in [0.25, 0.3) is 0 Å². The highest BCUT2D eigenvalue weighted by Crippen LogP contribution is 2.42. The molecule has 1 saturated heterocycles. The van der Waals surface area contributed by atoms with E-state index in [1.54, 1.807) is 18.0 Å². The molecule has 2 aromatic rings. The predicted molar refractivity (Wildman–Crippen MR) is 115 cm³/mol. The molecule has 0 spiro atoms. The van der Waals surface area contributed by atoms with Crippen molar-refractivity contribution in [2.24, 2.45) is 11.8 Å². The van der Waals surface area contributed by atoms with Crippen molar-refractivity contribution in [1.82, 2.24) is 14.9 Å². The molecule has 32 heavy (non-hydrogen) atoms. The van der Waals surface area contributed by atoms with Gasteiger partial charge in [-0.25, -0.2) is 4.39 Å². The zero-order valence-electron chi connectivity index (χ0n) is 17.3. The molecule has 3 aliphatic rings. The number of aromatic hydroxyl groups is 1. The Labute approximate surface area is 188 Å². The first-order chi connectivity index (χ1) is 15.3. The molecule has 0 radical (unpaired) electrons. The van der Waals surface area contributed by atoms with Gasteiger partial charge < -0.3 is 15.3 Å². The Morgan fingerprint density at radius 1 is 1.31 bits per heavy atom. The average Bonchev–Trinajstić information content (AvgIpc) is 3.15. The molecule has 2 aliphatic heterocycles. The van der Waals surface area contributed by atoms with E-state index in [2.05, 4.69) is 5.32 Å². The van der Waals surface area contributed by atoms with Crippen LogP contribution in [0.2, 0.25) is 5.02 Å². The molecule has 1 unspecified atom stereocenters. The first kappa shape index (κ1) is 20.8. The van der Waals surface area contributed by atoms with Gasteiger partial charge in [-0.2, -0.15) is 0 Å². The number of pyridine rings is 1. The van der Waals surface area contributed by atoms with Crippen molar-refractivity contribution in [3.05, 3.63) is 62.3 Å². The monoisotopic (exact) mass is 460 g/mol. The molecular weight excluding hydrogens is 439 g/mol. The molecule has 2 amide bonds. The lowest BCUT2D eigenvalue weighted by Gasteiger charge is -2.50. The Morgan fingerprint density at radius 3 is 2.88 bits per heavy atom. The Bertz CT molecular complexity index is 1200. The molecule has 1 aromatic carbocycles. The fourth-order valence-corrected chi connectivity index (χ4v) is 5.49. The van der Waals surface area contributed by atoms with Gasteiger partial charge in [0.25, 0.3) is 11.8 Å². The topological polar surface area (TPSA) is 94.9 Å². The summed E-state index contributed by atoms with van der Waals surface area (Å²) in [6, 6.07) is 4.42. The number of halogens is 2. The summed E-state index contributed by atoms with van der Waals surface area (Å²) in [6.07, 6.45) is 4.19. The van der Waals surface area contributed by atoms with Crippen LogP contribution in [-0.2, 0) is 6.54 Å². The van der Waals surface area contributed by atoms with E-state index in [9.17, 15) is 23.9 Å². The summed E-state index contributed by atoms with van der Waals surface area (Å²) < 4.78 is 15.6. The SMILES string of the molecule is CN1C(=O)c2c(O)c(=O)c(C(=O)NCc3cccc(Cl)c3F)cn2N2C[C@H]3CC[C@@H](C3)C12. The van der Waals surface area contributed by atoms with Crippen LogP contribution >= 0.6 is 11.6 Å². The third-order valence-corrected chi connectivity index (χ3v) is 7.12. The largest absolute Gasteiger partial charge is 0.502 e. The Hall–Kier alpha value is -3.07. The number of aromatic nitrogens is 1. The number of benzene rings is 1. The van der Waals surface area contributed by atoms with E-state index in [1.165, 1.54) is 23.0 Å². The molecule has 2 N–H and O–H groups in total. The highest BCUT2D eigenvalue weighted by Gasteiger charge is 2.48. The number of hydrogen-bond donors (Lipinski definition) is 2. The second kappa shape index (κ2) is 7.51. The predicted octanol–water partition coefficient (Wildman–Crippen LogP) is 2.06. The van der Waals surface area contributed by atoms with Crippen LogP contribution < -0.4 is 15.8 Å². The number of piperidine rings is 1. The first-order valence-corrected chi connectivity index (χ1v) is 10.9. The van der Waals surface area contributed by atoms with Gasteiger partial charge in [0.1, 0.15) is 17.5 Å². The summed E-state index contributed by atoms with van der Waals surface area (Å²) in [5.74, 6) is -1.91. The van der Waals surface area contributed by atoms with Crippen molar-refractivity contribution < 1.29 is 19.1 Å². The van der Waals surface area contributed by atoms with Gasteiger partial charge in [-0.1, -0.05) is 23.7 Å². The molecular formula is C22H22ClFN4O4. The minimum atomic E-state index is -0.944. The molecule has 1 saturated carbocycles. The lowest BCUT2D eigenvalue weighted by molar-refractivity contribution is 0.0492. The second-order valence-corrected chi connectivity index (χ2v) is 9.11. The van der Waals surface area contributed by atoms with Gasteiger partial charge in [0.2, 0.25) is 5.43 Å². The second-order valence-electron chi connectivity index (χ2n) is 8.70. The molecule has 10 heteroatoms. The van der Waals surface area contributed by atoms with Gasteiger partial charge in [-0.05, 0) is 37.2 Å². The van der Waals surface area contributed by atoms with Gasteiger partial charge >= 0.3 is 0 Å². The molecule has 2 fully saturated rings. The van der Waals surface area contributed by atoms with Gasteiger partial charge in [0.15, 0.2) is 11.4 Å². The van der Waals surface area contributed by atoms with E-state index in [0.717, 1.165) is 19.3 Å². The fraction of sp³-hybridized carbons (Fsp3) is 0.409. The summed E-state index contributed by atoms with van der Waals surface area (Å²) in [6.45, 7) is 0.466. The Balaban J connectivity index is 1.51. The first-order valence-electron chi connectivity index (χ1n) is 10.5. The van der Waals surface area contributed by atoms with Crippen LogP contribution in [0.3, 0.4) is 0 Å². The minimum absolute atomic E-state index is 0.0725. The number of carbonyl (C=O) groups is 2. The van der Waals surface area contributed by atoms with E-state index < -0.39 is 28.8 Å². The number of hydrogen-bond acceptors (Lipinski definition) is 5. The zero-order chi connectivity index (χ0) is 22.7. The van der Waals surface area contributed by atoms with Crippen LogP contribution in [0.1, 0.15) is 45.7 Å². The summed E-state index contributed by atoms with van der Waals surface area (Å²) >= 11 is 5.77. The number of amides is 2. The van der Waals surface area contributed by atoms with Crippen LogP contribution in [0, 0.1) is 17.7 Å². The molecule has 3 atom stereocenters. The highest BCUT2D eigenvalue weighted by molar-refractivity contribution is 6.30. The van der Waals surface area contributed by atoms with Crippen molar-refractivity contribution in [2.75, 3.05) is 18.6 Å². The summed E-state index contributed by atoms with van der Waals surface area (Å²) in [5.41, 5.74) is -1.24. The molecule has 5 rings (SSSR count). The number of carbonyl (C=O) groups excluding carboxylic acids is 2. The van der Waals surface area contributed by atoms with Crippen molar-refractivity contribution in [3.8, 4) is 5.75 Å². The number of rotatable bonds is 3. The fourth-order valence-electron chi connectivity index (χ4n) is 5.29. The average molecular weight is 461 g/mol. The molecule has 1 aliphatic carbocycles. The quantitative estimate of drug-likeness (QED) is 0.731. The number of nitrogens with one attached hydrogen (secondary N) is 1. The Morgan fingerprint density at radius 2 is 2.09 bits per heavy atom. The Kier molecular flexibility index (Phi) is 4.88. The third-order valence-electron chi connectivity index (χ3n) is 6.83. The maximum atomic E-state index is 14.1. The van der Waals surface area contributed by atoms with Crippen molar-refractivity contribution in [2.45, 2.75) is 32.0 Å². The maximum Gasteiger partial charge on any atom is 0.277 e. The maximum absolute atomic E-state index is 14.1. The molecule has 1 aromatic heterocycles. The van der Waals surface area contributed by atoms with Gasteiger partial charge in [0.05, 0.1) is 5.02 Å². The smallest absolute Gasteiger partial charge is 0.277 e. The number of nitrogens with zero attached hydrogens (tertiary/aromatic N) is 3. The normalized spacial score (nSPS) is 23.7. The number of fused-ring (bicyclic) bond motifs is 6. The molecule has 3 heterocycles. The van der Waals surface area contributed by atoms with Crippen LogP contribution in [0.15, 0.2) is 29.2 Å². The van der Waals surface area contributed by atoms with E-state index in [4.69, 9.17) is 11.6 Å². The highest BCUT2D eigenvalue weighted by atomic mass is 35.5. The molecule has 8 nitrogen and oxygen atoms in total. The summed E-state index contributed by atoms with van der Waals surface area (Å²) in [7, 11) is 1.67. The van der Waals surface area contributed by atoms with Crippen molar-refractivity contribution >= 4 is 23.4 Å². The lowest BCUT2D eigenvalue weighted by atomic mass is 9.94. The third kappa shape index (κ3) is 3.06. The van der Waals surface area contributed by atoms with Crippen molar-refractivity contribution in [1.29, 1.82) is 0 Å². The standard InChI is InChI=1S/C22H22ClFN4O4/c1-26-21-12-6-5-11(7-12)9-28(21)27-10-14(18(29)19(30)17(27)22(26)32)20(31)25-8-13-3-2-4-15(23)16(13)24/h2-4,10-12,21,30H,5-9H2,1H3,(H,25,31)/t11-,12-,21?/m0/s1. The lowest BCUT2D eigenvalue weighted by Crippen LogP contribution is -2.65. The van der Waals surface area contributed by atoms with E-state index in [1.807, 2.05) is 5.01 Å².